The van der Waals surface area contributed by atoms with Crippen LogP contribution in [0.5, 0.6) is 5.75 Å². The van der Waals surface area contributed by atoms with E-state index >= 15 is 0 Å². The largest absolute Gasteiger partial charge is 0.435 e. The zero-order valence-electron chi connectivity index (χ0n) is 13.3. The Balaban J connectivity index is 1.84. The molecule has 1 aromatic carbocycles. The van der Waals surface area contributed by atoms with E-state index in [0.717, 1.165) is 5.56 Å². The van der Waals surface area contributed by atoms with Crippen LogP contribution in [0.2, 0.25) is 0 Å². The highest BCUT2D eigenvalue weighted by atomic mass is 19.3. The van der Waals surface area contributed by atoms with Crippen LogP contribution in [0.3, 0.4) is 0 Å². The molecule has 2 amide bonds. The Morgan fingerprint density at radius 3 is 2.58 bits per heavy atom. The van der Waals surface area contributed by atoms with Crippen molar-refractivity contribution in [2.24, 2.45) is 0 Å². The predicted molar refractivity (Wildman–Crippen MR) is 83.6 cm³/mol. The minimum atomic E-state index is -2.86. The summed E-state index contributed by atoms with van der Waals surface area (Å²) in [5.41, 5.74) is 1.48. The first-order valence-electron chi connectivity index (χ1n) is 7.31. The highest BCUT2D eigenvalue weighted by molar-refractivity contribution is 5.74. The van der Waals surface area contributed by atoms with Gasteiger partial charge in [-0.3, -0.25) is 0 Å². The van der Waals surface area contributed by atoms with Gasteiger partial charge in [0.2, 0.25) is 0 Å². The number of carbonyl (C=O) groups excluding carboxylic acids is 1. The lowest BCUT2D eigenvalue weighted by atomic mass is 10.1. The third-order valence-corrected chi connectivity index (χ3v) is 3.22. The van der Waals surface area contributed by atoms with Crippen LogP contribution >= 0.6 is 0 Å². The molecule has 1 atom stereocenters. The normalized spacial score (nSPS) is 11.9. The standard InChI is InChI=1S/C16H18F2N4O2/c1-10(12-3-5-14(6-4-12)24-15(17)18)21-16(23)20-9-13-7-8-19-11(2)22-13/h3-8,10,15H,9H2,1-2H3,(H2,20,21,23). The minimum absolute atomic E-state index is 0.0736. The van der Waals surface area contributed by atoms with E-state index in [-0.39, 0.29) is 24.4 Å². The lowest BCUT2D eigenvalue weighted by Crippen LogP contribution is -2.36. The molecular weight excluding hydrogens is 318 g/mol. The molecule has 0 spiro atoms. The summed E-state index contributed by atoms with van der Waals surface area (Å²) >= 11 is 0. The number of halogens is 2. The molecule has 0 bridgehead atoms. The first-order valence-corrected chi connectivity index (χ1v) is 7.31. The molecule has 0 fully saturated rings. The summed E-state index contributed by atoms with van der Waals surface area (Å²) in [4.78, 5) is 20.1. The molecule has 1 unspecified atom stereocenters. The van der Waals surface area contributed by atoms with E-state index in [9.17, 15) is 13.6 Å². The van der Waals surface area contributed by atoms with Crippen LogP contribution < -0.4 is 15.4 Å². The van der Waals surface area contributed by atoms with Crippen LogP contribution in [0.15, 0.2) is 36.5 Å². The molecule has 128 valence electrons. The van der Waals surface area contributed by atoms with E-state index in [2.05, 4.69) is 25.3 Å². The summed E-state index contributed by atoms with van der Waals surface area (Å²) in [5, 5.41) is 5.46. The van der Waals surface area contributed by atoms with Gasteiger partial charge < -0.3 is 15.4 Å². The number of benzene rings is 1. The van der Waals surface area contributed by atoms with E-state index in [4.69, 9.17) is 0 Å². The fourth-order valence-corrected chi connectivity index (χ4v) is 2.04. The Morgan fingerprint density at radius 1 is 1.25 bits per heavy atom. The Morgan fingerprint density at radius 2 is 1.96 bits per heavy atom. The molecule has 1 aromatic heterocycles. The number of amides is 2. The average Bonchev–Trinajstić information content (AvgIpc) is 2.53. The van der Waals surface area contributed by atoms with Crippen LogP contribution in [-0.4, -0.2) is 22.6 Å². The lowest BCUT2D eigenvalue weighted by molar-refractivity contribution is -0.0498. The molecule has 24 heavy (non-hydrogen) atoms. The molecule has 6 nitrogen and oxygen atoms in total. The van der Waals surface area contributed by atoms with Crippen LogP contribution in [-0.2, 0) is 6.54 Å². The van der Waals surface area contributed by atoms with Gasteiger partial charge in [0.15, 0.2) is 0 Å². The topological polar surface area (TPSA) is 76.1 Å². The van der Waals surface area contributed by atoms with Crippen LogP contribution in [0.1, 0.15) is 30.0 Å². The summed E-state index contributed by atoms with van der Waals surface area (Å²) in [6.07, 6.45) is 1.63. The quantitative estimate of drug-likeness (QED) is 0.850. The number of hydrogen-bond donors (Lipinski definition) is 2. The van der Waals surface area contributed by atoms with Gasteiger partial charge in [-0.25, -0.2) is 14.8 Å². The summed E-state index contributed by atoms with van der Waals surface area (Å²) in [6, 6.07) is 7.18. The maximum absolute atomic E-state index is 12.1. The second kappa shape index (κ2) is 8.19. The summed E-state index contributed by atoms with van der Waals surface area (Å²) in [6.45, 7) is 0.982. The smallest absolute Gasteiger partial charge is 0.387 e. The van der Waals surface area contributed by atoms with Crippen LogP contribution in [0.4, 0.5) is 13.6 Å². The Bertz CT molecular complexity index is 680. The van der Waals surface area contributed by atoms with Crippen molar-refractivity contribution < 1.29 is 18.3 Å². The van der Waals surface area contributed by atoms with Crippen LogP contribution in [0, 0.1) is 6.92 Å². The van der Waals surface area contributed by atoms with Crippen LogP contribution in [0.25, 0.3) is 0 Å². The fourth-order valence-electron chi connectivity index (χ4n) is 2.04. The fraction of sp³-hybridized carbons (Fsp3) is 0.312. The predicted octanol–water partition coefficient (Wildman–Crippen LogP) is 2.95. The third-order valence-electron chi connectivity index (χ3n) is 3.22. The maximum Gasteiger partial charge on any atom is 0.387 e. The number of nitrogens with one attached hydrogen (secondary N) is 2. The van der Waals surface area contributed by atoms with Gasteiger partial charge >= 0.3 is 12.6 Å². The van der Waals surface area contributed by atoms with Crippen molar-refractivity contribution in [1.82, 2.24) is 20.6 Å². The molecule has 8 heteroatoms. The van der Waals surface area contributed by atoms with Gasteiger partial charge in [0.05, 0.1) is 18.3 Å². The van der Waals surface area contributed by atoms with Crippen molar-refractivity contribution in [1.29, 1.82) is 0 Å². The first kappa shape index (κ1) is 17.6. The van der Waals surface area contributed by atoms with Gasteiger partial charge in [-0.15, -0.1) is 0 Å². The highest BCUT2D eigenvalue weighted by Gasteiger charge is 2.10. The van der Waals surface area contributed by atoms with E-state index in [1.54, 1.807) is 38.2 Å². The molecule has 0 saturated heterocycles. The van der Waals surface area contributed by atoms with Crippen molar-refractivity contribution in [3.05, 3.63) is 53.6 Å². The van der Waals surface area contributed by atoms with Crippen molar-refractivity contribution in [3.8, 4) is 5.75 Å². The Kier molecular flexibility index (Phi) is 6.00. The van der Waals surface area contributed by atoms with E-state index in [1.165, 1.54) is 12.1 Å². The average molecular weight is 336 g/mol. The monoisotopic (exact) mass is 336 g/mol. The zero-order chi connectivity index (χ0) is 17.5. The van der Waals surface area contributed by atoms with E-state index < -0.39 is 6.61 Å². The Hall–Kier alpha value is -2.77. The molecule has 2 aromatic rings. The van der Waals surface area contributed by atoms with Gasteiger partial charge in [-0.1, -0.05) is 12.1 Å². The highest BCUT2D eigenvalue weighted by Crippen LogP contribution is 2.19. The molecular formula is C16H18F2N4O2. The van der Waals surface area contributed by atoms with Gasteiger partial charge in [0.25, 0.3) is 0 Å². The summed E-state index contributed by atoms with van der Waals surface area (Å²) in [7, 11) is 0. The number of nitrogens with zero attached hydrogens (tertiary/aromatic N) is 2. The zero-order valence-corrected chi connectivity index (χ0v) is 13.3. The number of rotatable bonds is 6. The SMILES string of the molecule is Cc1nccc(CNC(=O)NC(C)c2ccc(OC(F)F)cc2)n1. The lowest BCUT2D eigenvalue weighted by Gasteiger charge is -2.15. The molecule has 0 aliphatic rings. The number of urea groups is 1. The van der Waals surface area contributed by atoms with Crippen molar-refractivity contribution in [3.63, 3.8) is 0 Å². The van der Waals surface area contributed by atoms with Crippen molar-refractivity contribution in [2.75, 3.05) is 0 Å². The summed E-state index contributed by atoms with van der Waals surface area (Å²) < 4.78 is 28.5. The number of aromatic nitrogens is 2. The second-order valence-corrected chi connectivity index (χ2v) is 5.09. The van der Waals surface area contributed by atoms with Crippen molar-refractivity contribution in [2.45, 2.75) is 33.0 Å². The number of aryl methyl sites for hydroxylation is 1. The number of ether oxygens (including phenoxy) is 1. The number of hydrogen-bond acceptors (Lipinski definition) is 4. The molecule has 2 rings (SSSR count). The first-order chi connectivity index (χ1) is 11.4. The molecule has 0 aliphatic carbocycles. The van der Waals surface area contributed by atoms with Gasteiger partial charge in [0.1, 0.15) is 11.6 Å². The van der Waals surface area contributed by atoms with Crippen molar-refractivity contribution >= 4 is 6.03 Å². The summed E-state index contributed by atoms with van der Waals surface area (Å²) in [5.74, 6) is 0.707. The second-order valence-electron chi connectivity index (χ2n) is 5.09. The molecule has 0 saturated carbocycles. The van der Waals surface area contributed by atoms with Gasteiger partial charge in [0, 0.05) is 6.20 Å². The molecule has 0 aliphatic heterocycles. The van der Waals surface area contributed by atoms with Gasteiger partial charge in [-0.05, 0) is 37.6 Å². The molecule has 2 N–H and O–H groups in total. The number of alkyl halides is 2. The molecule has 1 heterocycles. The molecule has 0 radical (unpaired) electrons. The Labute approximate surface area is 138 Å². The van der Waals surface area contributed by atoms with E-state index in [1.807, 2.05) is 0 Å². The van der Waals surface area contributed by atoms with Gasteiger partial charge in [-0.2, -0.15) is 8.78 Å². The van der Waals surface area contributed by atoms with E-state index in [0.29, 0.717) is 11.5 Å². The third kappa shape index (κ3) is 5.45. The minimum Gasteiger partial charge on any atom is -0.435 e. The maximum atomic E-state index is 12.1. The number of carbonyl (C=O) groups is 1.